The smallest absolute Gasteiger partial charge is 0.303 e. The van der Waals surface area contributed by atoms with Crippen LogP contribution in [0.25, 0.3) is 0 Å². The molecule has 5 heteroatoms. The molecular weight excluding hydrogens is 143 g/mol. The van der Waals surface area contributed by atoms with Crippen molar-refractivity contribution < 1.29 is 19.2 Å². The van der Waals surface area contributed by atoms with Crippen LogP contribution in [-0.2, 0) is 4.57 Å². The highest BCUT2D eigenvalue weighted by molar-refractivity contribution is 7.45. The van der Waals surface area contributed by atoms with E-state index in [2.05, 4.69) is 26.3 Å². The van der Waals surface area contributed by atoms with E-state index in [1.807, 2.05) is 0 Å². The molecule has 0 aromatic carbocycles. The van der Waals surface area contributed by atoms with E-state index in [-0.39, 0.29) is 0 Å². The van der Waals surface area contributed by atoms with Crippen LogP contribution < -0.4 is 0 Å². The summed E-state index contributed by atoms with van der Waals surface area (Å²) in [6, 6.07) is 0. The van der Waals surface area contributed by atoms with Gasteiger partial charge in [0, 0.05) is 0 Å². The van der Waals surface area contributed by atoms with Gasteiger partial charge >= 0.3 is 7.82 Å². The summed E-state index contributed by atoms with van der Waals surface area (Å²) >= 11 is 0. The third-order valence-corrected chi connectivity index (χ3v) is 0. The summed E-state index contributed by atoms with van der Waals surface area (Å²) in [6.45, 7) is 12.0. The first-order valence-electron chi connectivity index (χ1n) is 1.78. The fourth-order valence-corrected chi connectivity index (χ4v) is 0. The largest absolute Gasteiger partial charge is 0.466 e. The molecule has 3 N–H and O–H groups in total. The van der Waals surface area contributed by atoms with E-state index in [9.17, 15) is 0 Å². The predicted molar refractivity (Wildman–Crippen MR) is 36.8 cm³/mol. The van der Waals surface area contributed by atoms with Crippen LogP contribution in [0.5, 0.6) is 0 Å². The molecule has 0 aliphatic carbocycles. The van der Waals surface area contributed by atoms with E-state index in [0.717, 1.165) is 0 Å². The van der Waals surface area contributed by atoms with Crippen molar-refractivity contribution in [3.05, 3.63) is 26.3 Å². The second kappa shape index (κ2) is 10.5. The lowest BCUT2D eigenvalue weighted by molar-refractivity contribution is 0.275. The first kappa shape index (κ1) is 15.8. The van der Waals surface area contributed by atoms with Gasteiger partial charge in [0.2, 0.25) is 0 Å². The fourth-order valence-electron chi connectivity index (χ4n) is 0. The highest BCUT2D eigenvalue weighted by Gasteiger charge is 2.00. The van der Waals surface area contributed by atoms with Gasteiger partial charge in [0.1, 0.15) is 0 Å². The molecule has 0 atom stereocenters. The molecule has 56 valence electrons. The molecule has 0 rings (SSSR count). The molecule has 9 heavy (non-hydrogen) atoms. The van der Waals surface area contributed by atoms with Crippen molar-refractivity contribution in [2.45, 2.75) is 0 Å². The SMILES string of the molecule is C=C.C=C.O=P(O)(O)O. The Morgan fingerprint density at radius 1 is 0.889 bits per heavy atom. The Labute approximate surface area is 54.4 Å². The van der Waals surface area contributed by atoms with E-state index in [4.69, 9.17) is 19.2 Å². The van der Waals surface area contributed by atoms with Crippen LogP contribution in [0, 0.1) is 0 Å². The number of phosphoric acid groups is 1. The molecule has 0 saturated carbocycles. The Morgan fingerprint density at radius 3 is 0.889 bits per heavy atom. The maximum absolute atomic E-state index is 8.88. The van der Waals surface area contributed by atoms with Gasteiger partial charge in [-0.3, -0.25) is 0 Å². The first-order chi connectivity index (χ1) is 4.00. The minimum Gasteiger partial charge on any atom is -0.303 e. The monoisotopic (exact) mass is 154 g/mol. The molecule has 0 bridgehead atoms. The molecule has 0 spiro atoms. The normalized spacial score (nSPS) is 7.44. The average molecular weight is 154 g/mol. The standard InChI is InChI=1S/2C2H4.H3O4P/c2*1-2;1-5(2,3)4/h2*1-2H2;(H3,1,2,3,4). The molecule has 0 saturated heterocycles. The highest BCUT2D eigenvalue weighted by atomic mass is 31.2. The van der Waals surface area contributed by atoms with Gasteiger partial charge in [-0.25, -0.2) is 4.57 Å². The summed E-state index contributed by atoms with van der Waals surface area (Å²) in [7, 11) is -4.64. The van der Waals surface area contributed by atoms with E-state index in [1.165, 1.54) is 0 Å². The lowest BCUT2D eigenvalue weighted by Gasteiger charge is -1.82. The van der Waals surface area contributed by atoms with Gasteiger partial charge in [0.05, 0.1) is 0 Å². The quantitative estimate of drug-likeness (QED) is 0.354. The Morgan fingerprint density at radius 2 is 0.889 bits per heavy atom. The van der Waals surface area contributed by atoms with Crippen molar-refractivity contribution in [1.29, 1.82) is 0 Å². The summed E-state index contributed by atoms with van der Waals surface area (Å²) in [5.74, 6) is 0. The van der Waals surface area contributed by atoms with Crippen LogP contribution in [0.1, 0.15) is 0 Å². The van der Waals surface area contributed by atoms with Crippen LogP contribution in [0.2, 0.25) is 0 Å². The lowest BCUT2D eigenvalue weighted by atomic mass is 11.3. The maximum Gasteiger partial charge on any atom is 0.466 e. The molecule has 0 aromatic rings. The van der Waals surface area contributed by atoms with E-state index in [0.29, 0.717) is 0 Å². The zero-order valence-corrected chi connectivity index (χ0v) is 5.92. The topological polar surface area (TPSA) is 77.8 Å². The van der Waals surface area contributed by atoms with Gasteiger partial charge in [0.25, 0.3) is 0 Å². The minimum absolute atomic E-state index is 3.00. The number of rotatable bonds is 0. The molecular formula is C4H11O4P. The Hall–Kier alpha value is -0.410. The predicted octanol–water partition coefficient (Wildman–Crippen LogP) is 0.676. The average Bonchev–Trinajstić information content (AvgIpc) is 1.72. The first-order valence-corrected chi connectivity index (χ1v) is 3.35. The molecule has 0 aliphatic heterocycles. The molecule has 0 fully saturated rings. The van der Waals surface area contributed by atoms with Gasteiger partial charge in [-0.15, -0.1) is 26.3 Å². The number of hydrogen-bond donors (Lipinski definition) is 3. The fraction of sp³-hybridized carbons (Fsp3) is 0. The second-order valence-corrected chi connectivity index (χ2v) is 1.54. The second-order valence-electron chi connectivity index (χ2n) is 0.513. The minimum atomic E-state index is -4.64. The summed E-state index contributed by atoms with van der Waals surface area (Å²) < 4.78 is 8.88. The summed E-state index contributed by atoms with van der Waals surface area (Å²) in [5, 5.41) is 0. The summed E-state index contributed by atoms with van der Waals surface area (Å²) in [5.41, 5.74) is 0. The van der Waals surface area contributed by atoms with Gasteiger partial charge in [0.15, 0.2) is 0 Å². The number of hydrogen-bond acceptors (Lipinski definition) is 1. The van der Waals surface area contributed by atoms with Crippen LogP contribution >= 0.6 is 7.82 Å². The Bertz CT molecular complexity index is 76.3. The lowest BCUT2D eigenvalue weighted by Crippen LogP contribution is -1.66. The van der Waals surface area contributed by atoms with Crippen molar-refractivity contribution in [3.8, 4) is 0 Å². The third kappa shape index (κ3) is 1410. The van der Waals surface area contributed by atoms with Crippen LogP contribution in [0.15, 0.2) is 26.3 Å². The summed E-state index contributed by atoms with van der Waals surface area (Å²) in [6.07, 6.45) is 0. The zero-order valence-electron chi connectivity index (χ0n) is 5.03. The van der Waals surface area contributed by atoms with Gasteiger partial charge in [-0.2, -0.15) is 0 Å². The van der Waals surface area contributed by atoms with E-state index >= 15 is 0 Å². The van der Waals surface area contributed by atoms with Crippen molar-refractivity contribution >= 4 is 7.82 Å². The van der Waals surface area contributed by atoms with Crippen molar-refractivity contribution in [1.82, 2.24) is 0 Å². The molecule has 0 heterocycles. The molecule has 4 nitrogen and oxygen atoms in total. The van der Waals surface area contributed by atoms with Crippen LogP contribution in [0.3, 0.4) is 0 Å². The molecule has 0 aromatic heterocycles. The third-order valence-electron chi connectivity index (χ3n) is 0. The Kier molecular flexibility index (Phi) is 18.6. The maximum atomic E-state index is 8.88. The van der Waals surface area contributed by atoms with Crippen LogP contribution in [0.4, 0.5) is 0 Å². The summed E-state index contributed by atoms with van der Waals surface area (Å²) in [4.78, 5) is 21.6. The van der Waals surface area contributed by atoms with Crippen molar-refractivity contribution in [2.75, 3.05) is 0 Å². The highest BCUT2D eigenvalue weighted by Crippen LogP contribution is 2.25. The molecule has 0 unspecified atom stereocenters. The van der Waals surface area contributed by atoms with Crippen molar-refractivity contribution in [2.24, 2.45) is 0 Å². The van der Waals surface area contributed by atoms with Crippen LogP contribution in [-0.4, -0.2) is 14.7 Å². The van der Waals surface area contributed by atoms with Gasteiger partial charge < -0.3 is 14.7 Å². The molecule has 0 amide bonds. The van der Waals surface area contributed by atoms with E-state index in [1.54, 1.807) is 0 Å². The van der Waals surface area contributed by atoms with E-state index < -0.39 is 7.82 Å². The zero-order chi connectivity index (χ0) is 8.50. The van der Waals surface area contributed by atoms with Gasteiger partial charge in [-0.1, -0.05) is 0 Å². The Balaban J connectivity index is -0.0000000771. The molecule has 0 radical (unpaired) electrons. The van der Waals surface area contributed by atoms with Crippen molar-refractivity contribution in [3.63, 3.8) is 0 Å². The van der Waals surface area contributed by atoms with Gasteiger partial charge in [-0.05, 0) is 0 Å². The molecule has 0 aliphatic rings.